The quantitative estimate of drug-likeness (QED) is 0.433. The molecule has 0 amide bonds. The lowest BCUT2D eigenvalue weighted by molar-refractivity contribution is 0.0251. The van der Waals surface area contributed by atoms with E-state index in [1.54, 1.807) is 18.2 Å². The van der Waals surface area contributed by atoms with E-state index in [-0.39, 0.29) is 29.3 Å². The molecule has 0 radical (unpaired) electrons. The fourth-order valence-corrected chi connectivity index (χ4v) is 4.59. The van der Waals surface area contributed by atoms with Crippen molar-refractivity contribution in [2.24, 2.45) is 0 Å². The summed E-state index contributed by atoms with van der Waals surface area (Å²) < 4.78 is 6.21. The molecule has 1 aliphatic rings. The van der Waals surface area contributed by atoms with Crippen LogP contribution in [0.25, 0.3) is 0 Å². The molecule has 1 heterocycles. The highest BCUT2D eigenvalue weighted by atomic mass is 16.6. The topological polar surface area (TPSA) is 66.8 Å². The molecule has 166 valence electrons. The van der Waals surface area contributed by atoms with E-state index in [1.807, 2.05) is 42.5 Å². The van der Waals surface area contributed by atoms with Crippen molar-refractivity contribution in [3.63, 3.8) is 0 Å². The summed E-state index contributed by atoms with van der Waals surface area (Å²) in [5.41, 5.74) is 3.36. The molecule has 4 nitrogen and oxygen atoms in total. The van der Waals surface area contributed by atoms with Crippen LogP contribution in [0.5, 0.6) is 11.5 Å². The molecular formula is C28H30O4. The molecule has 0 saturated heterocycles. The maximum absolute atomic E-state index is 13.0. The van der Waals surface area contributed by atoms with E-state index in [1.165, 1.54) is 0 Å². The number of esters is 1. The number of fused-ring (bicyclic) bond motifs is 1. The number of carbonyl (C=O) groups is 1. The number of hydrogen-bond acceptors (Lipinski definition) is 4. The van der Waals surface area contributed by atoms with Crippen molar-refractivity contribution in [3.8, 4) is 11.5 Å². The van der Waals surface area contributed by atoms with Crippen LogP contribution in [0, 0.1) is 0 Å². The Morgan fingerprint density at radius 2 is 1.31 bits per heavy atom. The van der Waals surface area contributed by atoms with E-state index in [9.17, 15) is 15.0 Å². The van der Waals surface area contributed by atoms with Crippen LogP contribution in [0.15, 0.2) is 60.7 Å². The van der Waals surface area contributed by atoms with Crippen LogP contribution in [0.2, 0.25) is 0 Å². The molecule has 2 atom stereocenters. The molecule has 3 aromatic rings. The summed E-state index contributed by atoms with van der Waals surface area (Å²) >= 11 is 0. The van der Waals surface area contributed by atoms with Crippen molar-refractivity contribution >= 4 is 5.97 Å². The lowest BCUT2D eigenvalue weighted by atomic mass is 9.77. The first-order chi connectivity index (χ1) is 15.3. The third-order valence-corrected chi connectivity index (χ3v) is 6.93. The Morgan fingerprint density at radius 1 is 0.812 bits per heavy atom. The molecule has 4 rings (SSSR count). The summed E-state index contributed by atoms with van der Waals surface area (Å²) in [7, 11) is 0. The Labute approximate surface area is 189 Å². The molecule has 0 fully saturated rings. The minimum Gasteiger partial charge on any atom is -0.508 e. The van der Waals surface area contributed by atoms with Gasteiger partial charge < -0.3 is 14.9 Å². The van der Waals surface area contributed by atoms with E-state index < -0.39 is 5.60 Å². The van der Waals surface area contributed by atoms with Gasteiger partial charge in [0.05, 0.1) is 5.56 Å². The number of rotatable bonds is 6. The van der Waals surface area contributed by atoms with Gasteiger partial charge in [0.2, 0.25) is 0 Å². The van der Waals surface area contributed by atoms with E-state index >= 15 is 0 Å². The predicted molar refractivity (Wildman–Crippen MR) is 125 cm³/mol. The first kappa shape index (κ1) is 21.9. The number of ether oxygens (including phenoxy) is 1. The van der Waals surface area contributed by atoms with Crippen LogP contribution in [0.1, 0.15) is 90.5 Å². The lowest BCUT2D eigenvalue weighted by Crippen LogP contribution is -2.30. The summed E-state index contributed by atoms with van der Waals surface area (Å²) in [5, 5.41) is 21.1. The highest BCUT2D eigenvalue weighted by Crippen LogP contribution is 2.49. The summed E-state index contributed by atoms with van der Waals surface area (Å²) in [6.07, 6.45) is 1.75. The Hall–Kier alpha value is -3.27. The first-order valence-electron chi connectivity index (χ1n) is 11.3. The van der Waals surface area contributed by atoms with Crippen molar-refractivity contribution in [1.29, 1.82) is 0 Å². The number of carbonyl (C=O) groups excluding carboxylic acids is 1. The molecule has 32 heavy (non-hydrogen) atoms. The van der Waals surface area contributed by atoms with Gasteiger partial charge in [-0.15, -0.1) is 0 Å². The summed E-state index contributed by atoms with van der Waals surface area (Å²) in [6.45, 7) is 8.30. The van der Waals surface area contributed by atoms with Gasteiger partial charge in [0.1, 0.15) is 11.5 Å². The number of cyclic esters (lactones) is 1. The van der Waals surface area contributed by atoms with Crippen molar-refractivity contribution in [2.45, 2.75) is 58.0 Å². The minimum atomic E-state index is -1.15. The smallest absolute Gasteiger partial charge is 0.340 e. The predicted octanol–water partition coefficient (Wildman–Crippen LogP) is 6.59. The number of aromatic hydroxyl groups is 2. The second kappa shape index (κ2) is 8.34. The van der Waals surface area contributed by atoms with Crippen LogP contribution in [0.4, 0.5) is 0 Å². The van der Waals surface area contributed by atoms with E-state index in [0.717, 1.165) is 40.7 Å². The number of phenolic OH excluding ortho intramolecular Hbond substituents is 2. The van der Waals surface area contributed by atoms with Gasteiger partial charge in [-0.25, -0.2) is 4.79 Å². The van der Waals surface area contributed by atoms with E-state index in [0.29, 0.717) is 5.56 Å². The Kier molecular flexibility index (Phi) is 5.72. The zero-order chi connectivity index (χ0) is 23.0. The summed E-state index contributed by atoms with van der Waals surface area (Å²) in [5.74, 6) is 0.394. The Balaban J connectivity index is 2.03. The Morgan fingerprint density at radius 3 is 1.81 bits per heavy atom. The van der Waals surface area contributed by atoms with Crippen molar-refractivity contribution in [2.75, 3.05) is 0 Å². The fourth-order valence-electron chi connectivity index (χ4n) is 4.59. The molecular weight excluding hydrogens is 400 g/mol. The molecule has 1 aliphatic heterocycles. The first-order valence-corrected chi connectivity index (χ1v) is 11.3. The third kappa shape index (κ3) is 3.35. The maximum atomic E-state index is 13.0. The van der Waals surface area contributed by atoms with Gasteiger partial charge in [-0.05, 0) is 66.1 Å². The molecule has 0 bridgehead atoms. The van der Waals surface area contributed by atoms with Crippen molar-refractivity contribution in [1.82, 2.24) is 0 Å². The SMILES string of the molecule is CCC(C)c1cc(C2(c3ccc(O)c(C(C)CC)c3)OC(=O)c3ccccc32)ccc1O. The van der Waals surface area contributed by atoms with Crippen molar-refractivity contribution in [3.05, 3.63) is 94.0 Å². The molecule has 2 N–H and O–H groups in total. The standard InChI is InChI=1S/C28H30O4/c1-5-17(3)22-15-19(11-13-25(22)29)28(24-10-8-7-9-21(24)27(31)32-28)20-12-14-26(30)23(16-20)18(4)6-2/h7-18,29-30H,5-6H2,1-4H3. The van der Waals surface area contributed by atoms with Gasteiger partial charge in [0, 0.05) is 16.7 Å². The average molecular weight is 431 g/mol. The van der Waals surface area contributed by atoms with Gasteiger partial charge >= 0.3 is 5.97 Å². The normalized spacial score (nSPS) is 19.3. The highest BCUT2D eigenvalue weighted by Gasteiger charge is 2.49. The minimum absolute atomic E-state index is 0.148. The number of benzene rings is 3. The molecule has 0 spiro atoms. The van der Waals surface area contributed by atoms with Gasteiger partial charge in [0.15, 0.2) is 5.60 Å². The monoisotopic (exact) mass is 430 g/mol. The second-order valence-electron chi connectivity index (χ2n) is 8.78. The third-order valence-electron chi connectivity index (χ3n) is 6.93. The van der Waals surface area contributed by atoms with Crippen molar-refractivity contribution < 1.29 is 19.7 Å². The number of phenols is 2. The fraction of sp³-hybridized carbons (Fsp3) is 0.321. The van der Waals surface area contributed by atoms with E-state index in [4.69, 9.17) is 4.74 Å². The molecule has 3 aromatic carbocycles. The van der Waals surface area contributed by atoms with Gasteiger partial charge in [-0.2, -0.15) is 0 Å². The zero-order valence-electron chi connectivity index (χ0n) is 19.1. The molecule has 4 heteroatoms. The summed E-state index contributed by atoms with van der Waals surface area (Å²) in [4.78, 5) is 13.0. The van der Waals surface area contributed by atoms with Crippen LogP contribution < -0.4 is 0 Å². The molecule has 0 aromatic heterocycles. The molecule has 2 unspecified atom stereocenters. The van der Waals surface area contributed by atoms with Crippen LogP contribution in [0.3, 0.4) is 0 Å². The number of hydrogen-bond donors (Lipinski definition) is 2. The largest absolute Gasteiger partial charge is 0.508 e. The van der Waals surface area contributed by atoms with Crippen LogP contribution in [-0.2, 0) is 10.3 Å². The Bertz CT molecular complexity index is 1100. The zero-order valence-corrected chi connectivity index (χ0v) is 19.1. The van der Waals surface area contributed by atoms with Gasteiger partial charge in [0.25, 0.3) is 0 Å². The van der Waals surface area contributed by atoms with E-state index in [2.05, 4.69) is 27.7 Å². The van der Waals surface area contributed by atoms with Crippen LogP contribution >= 0.6 is 0 Å². The molecule has 0 aliphatic carbocycles. The lowest BCUT2D eigenvalue weighted by Gasteiger charge is -2.32. The highest BCUT2D eigenvalue weighted by molar-refractivity contribution is 5.96. The average Bonchev–Trinajstić information content (AvgIpc) is 3.12. The second-order valence-corrected chi connectivity index (χ2v) is 8.78. The summed E-state index contributed by atoms with van der Waals surface area (Å²) in [6, 6.07) is 18.4. The maximum Gasteiger partial charge on any atom is 0.340 e. The van der Waals surface area contributed by atoms with Gasteiger partial charge in [-0.3, -0.25) is 0 Å². The van der Waals surface area contributed by atoms with Gasteiger partial charge in [-0.1, -0.05) is 58.0 Å². The van der Waals surface area contributed by atoms with Crippen LogP contribution in [-0.4, -0.2) is 16.2 Å². The molecule has 0 saturated carbocycles.